The molecule has 0 heterocycles. The Hall–Kier alpha value is -5.88. The summed E-state index contributed by atoms with van der Waals surface area (Å²) < 4.78 is 31.8. The third kappa shape index (κ3) is 9.10. The lowest BCUT2D eigenvalue weighted by Crippen LogP contribution is -2.18. The quantitative estimate of drug-likeness (QED) is 0.212. The number of primary amides is 1. The molecule has 0 fully saturated rings. The topological polar surface area (TPSA) is 175 Å². The number of amides is 2. The van der Waals surface area contributed by atoms with Gasteiger partial charge in [-0.1, -0.05) is 18.2 Å². The normalized spacial score (nSPS) is 9.81. The van der Waals surface area contributed by atoms with Crippen molar-refractivity contribution in [2.45, 2.75) is 0 Å². The van der Waals surface area contributed by atoms with Crippen molar-refractivity contribution in [3.05, 3.63) is 71.8 Å². The van der Waals surface area contributed by atoms with Crippen LogP contribution in [0.4, 0.5) is 15.3 Å². The van der Waals surface area contributed by atoms with Gasteiger partial charge >= 0.3 is 12.2 Å². The smallest absolute Gasteiger partial charge is 0.411 e. The molecule has 42 heavy (non-hydrogen) atoms. The van der Waals surface area contributed by atoms with Crippen molar-refractivity contribution < 1.29 is 38.0 Å². The highest BCUT2D eigenvalue weighted by molar-refractivity contribution is 5.87. The highest BCUT2D eigenvalue weighted by Crippen LogP contribution is 2.32. The summed E-state index contributed by atoms with van der Waals surface area (Å²) in [7, 11) is 3.09. The van der Waals surface area contributed by atoms with Crippen LogP contribution in [0.5, 0.6) is 23.0 Å². The Balaban J connectivity index is 1.59. The zero-order valence-corrected chi connectivity index (χ0v) is 22.9. The third-order valence-electron chi connectivity index (χ3n) is 5.53. The van der Waals surface area contributed by atoms with Gasteiger partial charge in [0.2, 0.25) is 0 Å². The summed E-state index contributed by atoms with van der Waals surface area (Å²) in [4.78, 5) is 23.1. The lowest BCUT2D eigenvalue weighted by atomic mass is 10.0. The summed E-state index contributed by atoms with van der Waals surface area (Å²) >= 11 is 0. The molecule has 216 valence electrons. The van der Waals surface area contributed by atoms with Crippen LogP contribution in [0.15, 0.2) is 66.2 Å². The van der Waals surface area contributed by atoms with Crippen LogP contribution < -0.4 is 30.0 Å². The molecule has 3 rings (SSSR count). The molecule has 3 aromatic rings. The summed E-state index contributed by atoms with van der Waals surface area (Å²) in [5.41, 5.74) is 7.35. The van der Waals surface area contributed by atoms with Crippen LogP contribution in [0.1, 0.15) is 5.56 Å². The molecule has 0 spiro atoms. The molecule has 0 unspecified atom stereocenters. The summed E-state index contributed by atoms with van der Waals surface area (Å²) in [5.74, 6) is 1.85. The lowest BCUT2D eigenvalue weighted by Gasteiger charge is -2.14. The largest absolute Gasteiger partial charge is 0.497 e. The second-order valence-electron chi connectivity index (χ2n) is 8.25. The fraction of sp³-hybridized carbons (Fsp3) is 0.200. The van der Waals surface area contributed by atoms with E-state index in [0.717, 1.165) is 16.9 Å². The molecule has 0 aliphatic carbocycles. The van der Waals surface area contributed by atoms with Crippen molar-refractivity contribution in [1.82, 2.24) is 0 Å². The van der Waals surface area contributed by atoms with Gasteiger partial charge in [-0.3, -0.25) is 5.32 Å². The number of ether oxygens (including phenoxy) is 6. The van der Waals surface area contributed by atoms with E-state index in [-0.39, 0.29) is 32.0 Å². The van der Waals surface area contributed by atoms with Crippen LogP contribution in [-0.4, -0.2) is 52.8 Å². The standard InChI is InChI=1S/C30H28N4O8/c1-37-24-5-3-4-21(15-24)22-6-8-26(28(17-22)38-2)34-30(36)42-13-11-40-27-9-7-25(39-10-12-41-29(33)35)16-23(27)14-20(18-31)19-32/h3-9,14-17H,10-13H2,1-2H3,(H2,33,35)(H,34,36). The van der Waals surface area contributed by atoms with Gasteiger partial charge in [0, 0.05) is 5.56 Å². The first-order valence-electron chi connectivity index (χ1n) is 12.5. The first-order valence-corrected chi connectivity index (χ1v) is 12.5. The molecule has 0 atom stereocenters. The highest BCUT2D eigenvalue weighted by atomic mass is 16.6. The summed E-state index contributed by atoms with van der Waals surface area (Å²) in [6.45, 7) is -0.155. The molecule has 0 saturated heterocycles. The number of rotatable bonds is 13. The monoisotopic (exact) mass is 572 g/mol. The van der Waals surface area contributed by atoms with Crippen molar-refractivity contribution in [2.24, 2.45) is 5.73 Å². The molecular formula is C30H28N4O8. The number of carbonyl (C=O) groups excluding carboxylic acids is 2. The Kier molecular flexibility index (Phi) is 11.4. The zero-order chi connectivity index (χ0) is 30.3. The van der Waals surface area contributed by atoms with Crippen molar-refractivity contribution in [3.8, 4) is 46.3 Å². The molecule has 0 aliphatic rings. The number of benzene rings is 3. The Morgan fingerprint density at radius 2 is 1.55 bits per heavy atom. The molecule has 0 radical (unpaired) electrons. The highest BCUT2D eigenvalue weighted by Gasteiger charge is 2.12. The van der Waals surface area contributed by atoms with Gasteiger partial charge < -0.3 is 34.2 Å². The molecule has 3 aromatic carbocycles. The molecular weight excluding hydrogens is 544 g/mol. The van der Waals surface area contributed by atoms with E-state index in [2.05, 4.69) is 10.1 Å². The molecule has 0 aliphatic heterocycles. The van der Waals surface area contributed by atoms with Crippen LogP contribution >= 0.6 is 0 Å². The minimum absolute atomic E-state index is 0.0265. The molecule has 0 saturated carbocycles. The van der Waals surface area contributed by atoms with E-state index in [4.69, 9.17) is 39.9 Å². The first kappa shape index (κ1) is 30.7. The Morgan fingerprint density at radius 3 is 2.26 bits per heavy atom. The Bertz CT molecular complexity index is 1510. The number of carbonyl (C=O) groups is 2. The number of nitrogens with two attached hydrogens (primary N) is 1. The minimum Gasteiger partial charge on any atom is -0.497 e. The van der Waals surface area contributed by atoms with Gasteiger partial charge in [0.15, 0.2) is 0 Å². The van der Waals surface area contributed by atoms with Gasteiger partial charge in [-0.05, 0) is 59.7 Å². The number of hydrogen-bond acceptors (Lipinski definition) is 10. The van der Waals surface area contributed by atoms with E-state index >= 15 is 0 Å². The maximum atomic E-state index is 12.4. The van der Waals surface area contributed by atoms with Crippen LogP contribution in [0.2, 0.25) is 0 Å². The third-order valence-corrected chi connectivity index (χ3v) is 5.53. The number of methoxy groups -OCH3 is 2. The first-order chi connectivity index (χ1) is 20.4. The van der Waals surface area contributed by atoms with Gasteiger partial charge in [0.1, 0.15) is 67.1 Å². The van der Waals surface area contributed by atoms with Gasteiger partial charge in [-0.2, -0.15) is 10.5 Å². The fourth-order valence-corrected chi connectivity index (χ4v) is 3.62. The Morgan fingerprint density at radius 1 is 0.810 bits per heavy atom. The SMILES string of the molecule is COc1cccc(-c2ccc(NC(=O)OCCOc3ccc(OCCOC(N)=O)cc3C=C(C#N)C#N)c(OC)c2)c1. The van der Waals surface area contributed by atoms with E-state index in [1.165, 1.54) is 13.2 Å². The van der Waals surface area contributed by atoms with Gasteiger partial charge in [-0.15, -0.1) is 0 Å². The zero-order valence-electron chi connectivity index (χ0n) is 22.9. The number of nitrogens with zero attached hydrogens (tertiary/aromatic N) is 2. The number of anilines is 1. The predicted molar refractivity (Wildman–Crippen MR) is 152 cm³/mol. The Labute approximate surface area is 242 Å². The number of nitriles is 2. The maximum absolute atomic E-state index is 12.4. The second-order valence-corrected chi connectivity index (χ2v) is 8.25. The van der Waals surface area contributed by atoms with Crippen LogP contribution in [-0.2, 0) is 9.47 Å². The van der Waals surface area contributed by atoms with E-state index in [1.807, 2.05) is 30.3 Å². The van der Waals surface area contributed by atoms with Gasteiger partial charge in [0.25, 0.3) is 0 Å². The summed E-state index contributed by atoms with van der Waals surface area (Å²) in [5, 5.41) is 20.9. The number of allylic oxidation sites excluding steroid dienone is 1. The number of nitrogens with one attached hydrogen (secondary N) is 1. The molecule has 3 N–H and O–H groups in total. The number of hydrogen-bond donors (Lipinski definition) is 2. The molecule has 0 bridgehead atoms. The fourth-order valence-electron chi connectivity index (χ4n) is 3.62. The molecule has 0 aromatic heterocycles. The van der Waals surface area contributed by atoms with E-state index in [0.29, 0.717) is 28.5 Å². The maximum Gasteiger partial charge on any atom is 0.411 e. The van der Waals surface area contributed by atoms with Crippen molar-refractivity contribution >= 4 is 23.9 Å². The van der Waals surface area contributed by atoms with Crippen molar-refractivity contribution in [1.29, 1.82) is 10.5 Å². The summed E-state index contributed by atoms with van der Waals surface area (Å²) in [6.07, 6.45) is -0.308. The van der Waals surface area contributed by atoms with E-state index in [9.17, 15) is 9.59 Å². The van der Waals surface area contributed by atoms with Crippen molar-refractivity contribution in [2.75, 3.05) is 46.0 Å². The predicted octanol–water partition coefficient (Wildman–Crippen LogP) is 4.90. The second kappa shape index (κ2) is 15.6. The minimum atomic E-state index is -0.920. The molecule has 2 amide bonds. The van der Waals surface area contributed by atoms with E-state index in [1.54, 1.807) is 49.6 Å². The van der Waals surface area contributed by atoms with Crippen LogP contribution in [0, 0.1) is 22.7 Å². The summed E-state index contributed by atoms with van der Waals surface area (Å²) in [6, 6.07) is 21.1. The van der Waals surface area contributed by atoms with Crippen LogP contribution in [0.3, 0.4) is 0 Å². The van der Waals surface area contributed by atoms with Gasteiger partial charge in [-0.25, -0.2) is 9.59 Å². The average Bonchev–Trinajstić information content (AvgIpc) is 3.01. The molecule has 12 nitrogen and oxygen atoms in total. The average molecular weight is 573 g/mol. The lowest BCUT2D eigenvalue weighted by molar-refractivity contribution is 0.133. The van der Waals surface area contributed by atoms with Crippen LogP contribution in [0.25, 0.3) is 17.2 Å². The molecule has 12 heteroatoms. The van der Waals surface area contributed by atoms with Gasteiger partial charge in [0.05, 0.1) is 19.9 Å². The van der Waals surface area contributed by atoms with E-state index < -0.39 is 12.2 Å². The van der Waals surface area contributed by atoms with Crippen molar-refractivity contribution in [3.63, 3.8) is 0 Å².